The van der Waals surface area contributed by atoms with Crippen LogP contribution in [0.15, 0.2) is 48.5 Å². The predicted octanol–water partition coefficient (Wildman–Crippen LogP) is 3.19. The van der Waals surface area contributed by atoms with Gasteiger partial charge in [0.2, 0.25) is 0 Å². The molecule has 0 saturated heterocycles. The number of hydrogen-bond acceptors (Lipinski definition) is 7. The number of nitriles is 1. The monoisotopic (exact) mass is 410 g/mol. The number of carbonyl (C=O) groups excluding carboxylic acids is 2. The molecule has 0 bridgehead atoms. The van der Waals surface area contributed by atoms with Gasteiger partial charge in [0.05, 0.1) is 19.9 Å². The van der Waals surface area contributed by atoms with Crippen LogP contribution in [0.5, 0.6) is 17.2 Å². The molecule has 0 aliphatic carbocycles. The van der Waals surface area contributed by atoms with E-state index in [-0.39, 0.29) is 6.61 Å². The van der Waals surface area contributed by atoms with Gasteiger partial charge in [-0.3, -0.25) is 4.79 Å². The number of benzene rings is 2. The van der Waals surface area contributed by atoms with Gasteiger partial charge >= 0.3 is 5.97 Å². The lowest BCUT2D eigenvalue weighted by molar-refractivity contribution is -0.148. The minimum atomic E-state index is -1.03. The first-order valence-corrected chi connectivity index (χ1v) is 8.98. The second-order valence-electron chi connectivity index (χ2n) is 5.98. The summed E-state index contributed by atoms with van der Waals surface area (Å²) in [7, 11) is 2.99. The van der Waals surface area contributed by atoms with Crippen molar-refractivity contribution in [3.63, 3.8) is 0 Å². The van der Waals surface area contributed by atoms with Gasteiger partial charge in [0.25, 0.3) is 5.91 Å². The molecule has 0 radical (unpaired) electrons. The van der Waals surface area contributed by atoms with Gasteiger partial charge in [-0.2, -0.15) is 5.26 Å². The number of amides is 1. The number of nitrogens with one attached hydrogen (secondary N) is 1. The highest BCUT2D eigenvalue weighted by atomic mass is 16.5. The molecule has 0 fully saturated rings. The highest BCUT2D eigenvalue weighted by Crippen LogP contribution is 2.29. The second-order valence-corrected chi connectivity index (χ2v) is 5.98. The van der Waals surface area contributed by atoms with Crippen molar-refractivity contribution in [2.24, 2.45) is 0 Å². The van der Waals surface area contributed by atoms with Crippen molar-refractivity contribution in [3.8, 4) is 23.3 Å². The maximum atomic E-state index is 12.4. The van der Waals surface area contributed by atoms with Crippen LogP contribution >= 0.6 is 0 Å². The molecule has 8 nitrogen and oxygen atoms in total. The van der Waals surface area contributed by atoms with Gasteiger partial charge < -0.3 is 24.3 Å². The Kier molecular flexibility index (Phi) is 8.27. The third-order valence-corrected chi connectivity index (χ3v) is 3.92. The molecule has 156 valence electrons. The van der Waals surface area contributed by atoms with E-state index in [1.54, 1.807) is 48.5 Å². The maximum absolute atomic E-state index is 12.4. The number of hydrogen-bond donors (Lipinski definition) is 1. The smallest absolute Gasteiger partial charge is 0.331 e. The van der Waals surface area contributed by atoms with Crippen LogP contribution in [0, 0.1) is 11.3 Å². The molecule has 2 aromatic carbocycles. The van der Waals surface area contributed by atoms with E-state index < -0.39 is 18.0 Å². The van der Waals surface area contributed by atoms with Gasteiger partial charge in [0.1, 0.15) is 23.3 Å². The molecular formula is C22H22N2O6. The van der Waals surface area contributed by atoms with E-state index in [0.717, 1.165) is 5.56 Å². The van der Waals surface area contributed by atoms with Crippen molar-refractivity contribution < 1.29 is 28.5 Å². The van der Waals surface area contributed by atoms with Crippen molar-refractivity contribution in [2.75, 3.05) is 26.1 Å². The molecule has 1 unspecified atom stereocenters. The highest BCUT2D eigenvalue weighted by molar-refractivity contribution is 5.97. The van der Waals surface area contributed by atoms with Crippen LogP contribution in [-0.4, -0.2) is 38.8 Å². The maximum Gasteiger partial charge on any atom is 0.331 e. The molecule has 8 heteroatoms. The van der Waals surface area contributed by atoms with Gasteiger partial charge in [0.15, 0.2) is 12.7 Å². The number of carbonyl (C=O) groups is 2. The first-order valence-electron chi connectivity index (χ1n) is 8.98. The fraction of sp³-hybridized carbons (Fsp3) is 0.227. The molecule has 0 aromatic heterocycles. The van der Waals surface area contributed by atoms with E-state index in [1.165, 1.54) is 27.2 Å². The standard InChI is InChI=1S/C22H22N2O6/c1-15(22(26)24-19-14-18(27-2)9-10-20(19)28-3)30-21(25)11-6-16-4-7-17(8-5-16)29-13-12-23/h4-11,14-15H,13H2,1-3H3,(H,24,26)/b11-6+. The zero-order chi connectivity index (χ0) is 21.9. The molecule has 1 atom stereocenters. The average molecular weight is 410 g/mol. The molecule has 2 aromatic rings. The van der Waals surface area contributed by atoms with E-state index in [2.05, 4.69) is 5.32 Å². The summed E-state index contributed by atoms with van der Waals surface area (Å²) >= 11 is 0. The lowest BCUT2D eigenvalue weighted by atomic mass is 10.2. The van der Waals surface area contributed by atoms with Crippen LogP contribution < -0.4 is 19.5 Å². The first kappa shape index (κ1) is 22.3. The Bertz CT molecular complexity index is 947. The predicted molar refractivity (Wildman–Crippen MR) is 110 cm³/mol. The van der Waals surface area contributed by atoms with Gasteiger partial charge in [0, 0.05) is 12.1 Å². The summed E-state index contributed by atoms with van der Waals surface area (Å²) in [6.45, 7) is 1.43. The van der Waals surface area contributed by atoms with Crippen LogP contribution in [0.2, 0.25) is 0 Å². The van der Waals surface area contributed by atoms with Crippen LogP contribution in [0.25, 0.3) is 6.08 Å². The summed E-state index contributed by atoms with van der Waals surface area (Å²) in [5.74, 6) is 0.365. The Morgan fingerprint density at radius 2 is 1.80 bits per heavy atom. The minimum Gasteiger partial charge on any atom is -0.497 e. The van der Waals surface area contributed by atoms with Gasteiger partial charge in [-0.15, -0.1) is 0 Å². The van der Waals surface area contributed by atoms with E-state index in [0.29, 0.717) is 22.9 Å². The summed E-state index contributed by atoms with van der Waals surface area (Å²) in [4.78, 5) is 24.4. The Labute approximate surface area is 174 Å². The number of anilines is 1. The third-order valence-electron chi connectivity index (χ3n) is 3.92. The van der Waals surface area contributed by atoms with E-state index in [1.807, 2.05) is 6.07 Å². The Hall–Kier alpha value is -3.99. The fourth-order valence-electron chi connectivity index (χ4n) is 2.37. The Morgan fingerprint density at radius 3 is 2.43 bits per heavy atom. The minimum absolute atomic E-state index is 0.0386. The number of methoxy groups -OCH3 is 2. The number of rotatable bonds is 9. The molecule has 0 aliphatic rings. The summed E-state index contributed by atoms with van der Waals surface area (Å²) in [5, 5.41) is 11.1. The van der Waals surface area contributed by atoms with Crippen LogP contribution in [0.4, 0.5) is 5.69 Å². The van der Waals surface area contributed by atoms with Gasteiger partial charge in [-0.05, 0) is 42.8 Å². The zero-order valence-corrected chi connectivity index (χ0v) is 16.9. The fourth-order valence-corrected chi connectivity index (χ4v) is 2.37. The Morgan fingerprint density at radius 1 is 1.10 bits per heavy atom. The van der Waals surface area contributed by atoms with Crippen molar-refractivity contribution in [1.82, 2.24) is 0 Å². The van der Waals surface area contributed by atoms with Crippen molar-refractivity contribution in [2.45, 2.75) is 13.0 Å². The zero-order valence-electron chi connectivity index (χ0n) is 16.9. The Balaban J connectivity index is 1.93. The van der Waals surface area contributed by atoms with E-state index >= 15 is 0 Å². The van der Waals surface area contributed by atoms with E-state index in [9.17, 15) is 9.59 Å². The van der Waals surface area contributed by atoms with Crippen molar-refractivity contribution in [1.29, 1.82) is 5.26 Å². The quantitative estimate of drug-likeness (QED) is 0.500. The molecule has 1 N–H and O–H groups in total. The van der Waals surface area contributed by atoms with Gasteiger partial charge in [-0.1, -0.05) is 12.1 Å². The molecule has 2 rings (SSSR count). The SMILES string of the molecule is COc1ccc(OC)c(NC(=O)C(C)OC(=O)/C=C/c2ccc(OCC#N)cc2)c1. The largest absolute Gasteiger partial charge is 0.497 e. The summed E-state index contributed by atoms with van der Waals surface area (Å²) in [5.41, 5.74) is 1.13. The molecule has 30 heavy (non-hydrogen) atoms. The van der Waals surface area contributed by atoms with Crippen LogP contribution in [0.3, 0.4) is 0 Å². The first-order chi connectivity index (χ1) is 14.5. The molecule has 0 spiro atoms. The lowest BCUT2D eigenvalue weighted by Crippen LogP contribution is -2.29. The van der Waals surface area contributed by atoms with Crippen LogP contribution in [0.1, 0.15) is 12.5 Å². The molecule has 0 aliphatic heterocycles. The molecule has 0 saturated carbocycles. The molecule has 0 heterocycles. The summed E-state index contributed by atoms with van der Waals surface area (Å²) in [6.07, 6.45) is 1.74. The number of ether oxygens (including phenoxy) is 4. The number of nitrogens with zero attached hydrogens (tertiary/aromatic N) is 1. The topological polar surface area (TPSA) is 107 Å². The molecular weight excluding hydrogens is 388 g/mol. The van der Waals surface area contributed by atoms with Gasteiger partial charge in [-0.25, -0.2) is 4.79 Å². The lowest BCUT2D eigenvalue weighted by Gasteiger charge is -2.15. The normalized spacial score (nSPS) is 11.3. The highest BCUT2D eigenvalue weighted by Gasteiger charge is 2.18. The summed E-state index contributed by atoms with van der Waals surface area (Å²) in [6, 6.07) is 13.7. The second kappa shape index (κ2) is 11.1. The van der Waals surface area contributed by atoms with Crippen LogP contribution in [-0.2, 0) is 14.3 Å². The van der Waals surface area contributed by atoms with E-state index in [4.69, 9.17) is 24.2 Å². The molecule has 1 amide bonds. The average Bonchev–Trinajstić information content (AvgIpc) is 2.76. The van der Waals surface area contributed by atoms with Crippen molar-refractivity contribution in [3.05, 3.63) is 54.1 Å². The third kappa shape index (κ3) is 6.56. The number of esters is 1. The summed E-state index contributed by atoms with van der Waals surface area (Å²) < 4.78 is 20.6. The van der Waals surface area contributed by atoms with Crippen molar-refractivity contribution >= 4 is 23.6 Å².